The molecular weight excluding hydrogens is 334 g/mol. The van der Waals surface area contributed by atoms with Crippen LogP contribution in [0.25, 0.3) is 0 Å². The Labute approximate surface area is 146 Å². The smallest absolute Gasteiger partial charge is 0.222 e. The van der Waals surface area contributed by atoms with Crippen LogP contribution in [-0.4, -0.2) is 84.1 Å². The molecule has 4 fully saturated rings. The van der Waals surface area contributed by atoms with Crippen LogP contribution in [0.3, 0.4) is 0 Å². The van der Waals surface area contributed by atoms with Crippen molar-refractivity contribution in [2.75, 3.05) is 13.2 Å². The average molecular weight is 362 g/mol. The van der Waals surface area contributed by atoms with Crippen LogP contribution in [0.1, 0.15) is 27.7 Å². The van der Waals surface area contributed by atoms with E-state index in [-0.39, 0.29) is 37.6 Å². The third kappa shape index (κ3) is 3.11. The Morgan fingerprint density at radius 2 is 1.04 bits per heavy atom. The minimum absolute atomic E-state index is 0.144. The van der Waals surface area contributed by atoms with Crippen LogP contribution in [0.5, 0.6) is 0 Å². The minimum Gasteiger partial charge on any atom is -0.394 e. The van der Waals surface area contributed by atoms with Crippen molar-refractivity contribution in [2.45, 2.75) is 88.3 Å². The first-order chi connectivity index (χ1) is 11.7. The molecular formula is C16H28NO8+. The molecule has 0 saturated carbocycles. The molecule has 4 aliphatic heterocycles. The fourth-order valence-corrected chi connectivity index (χ4v) is 4.22. The highest BCUT2D eigenvalue weighted by Gasteiger charge is 2.61. The van der Waals surface area contributed by atoms with Crippen LogP contribution in [0.15, 0.2) is 0 Å². The standard InChI is InChI=1S/C16H27NO8/c1-15(2)22-9-7(5-18)20-13(11(9)24-15)17-14-12-10(8(6-19)21-14)23-16(3,4)25-12/h7-14,17-19H,5-6H2,1-4H3/p+1/t7-,8+,9-,10-,11-,12-,13+,14-/m0/s1. The van der Waals surface area contributed by atoms with Crippen molar-refractivity contribution < 1.29 is 44.0 Å². The number of hydrogen-bond acceptors (Lipinski definition) is 8. The Morgan fingerprint density at radius 3 is 1.40 bits per heavy atom. The normalized spacial score (nSPS) is 50.2. The molecule has 144 valence electrons. The zero-order chi connectivity index (χ0) is 18.0. The zero-order valence-corrected chi connectivity index (χ0v) is 15.0. The molecule has 0 aromatic carbocycles. The van der Waals surface area contributed by atoms with Gasteiger partial charge in [-0.05, 0) is 27.7 Å². The largest absolute Gasteiger partial charge is 0.394 e. The Hall–Kier alpha value is -0.360. The Morgan fingerprint density at radius 1 is 0.680 bits per heavy atom. The van der Waals surface area contributed by atoms with Gasteiger partial charge in [-0.3, -0.25) is 5.32 Å². The van der Waals surface area contributed by atoms with Crippen molar-refractivity contribution in [1.82, 2.24) is 0 Å². The molecule has 4 N–H and O–H groups in total. The Bertz CT molecular complexity index is 470. The molecule has 9 heteroatoms. The van der Waals surface area contributed by atoms with E-state index in [4.69, 9.17) is 28.4 Å². The summed E-state index contributed by atoms with van der Waals surface area (Å²) in [5.41, 5.74) is 0. The first-order valence-electron chi connectivity index (χ1n) is 8.82. The Balaban J connectivity index is 1.48. The van der Waals surface area contributed by atoms with E-state index in [1.165, 1.54) is 0 Å². The maximum absolute atomic E-state index is 9.58. The molecule has 0 aromatic rings. The van der Waals surface area contributed by atoms with Crippen molar-refractivity contribution in [3.8, 4) is 0 Å². The molecule has 0 aromatic heterocycles. The molecule has 4 aliphatic rings. The van der Waals surface area contributed by atoms with E-state index in [2.05, 4.69) is 0 Å². The highest BCUT2D eigenvalue weighted by Crippen LogP contribution is 2.39. The van der Waals surface area contributed by atoms with Gasteiger partial charge >= 0.3 is 0 Å². The van der Waals surface area contributed by atoms with Gasteiger partial charge in [0, 0.05) is 0 Å². The maximum atomic E-state index is 9.58. The number of ether oxygens (including phenoxy) is 6. The monoisotopic (exact) mass is 362 g/mol. The topological polar surface area (TPSA) is 112 Å². The van der Waals surface area contributed by atoms with E-state index in [1.54, 1.807) is 0 Å². The number of hydrogen-bond donors (Lipinski definition) is 3. The third-order valence-corrected chi connectivity index (χ3v) is 5.11. The van der Waals surface area contributed by atoms with Gasteiger partial charge in [0.15, 0.2) is 23.8 Å². The summed E-state index contributed by atoms with van der Waals surface area (Å²) in [5.74, 6) is -1.44. The summed E-state index contributed by atoms with van der Waals surface area (Å²) in [4.78, 5) is 0. The first-order valence-corrected chi connectivity index (χ1v) is 8.82. The number of nitrogens with two attached hydrogens (primary N) is 1. The van der Waals surface area contributed by atoms with Gasteiger partial charge < -0.3 is 38.6 Å². The quantitative estimate of drug-likeness (QED) is 0.528. The van der Waals surface area contributed by atoms with E-state index in [1.807, 2.05) is 33.0 Å². The van der Waals surface area contributed by atoms with E-state index >= 15 is 0 Å². The number of aliphatic hydroxyl groups excluding tert-OH is 2. The third-order valence-electron chi connectivity index (χ3n) is 5.11. The van der Waals surface area contributed by atoms with Gasteiger partial charge in [0.25, 0.3) is 0 Å². The Kier molecular flexibility index (Phi) is 4.38. The van der Waals surface area contributed by atoms with Gasteiger partial charge in [0.2, 0.25) is 12.5 Å². The predicted octanol–water partition coefficient (Wildman–Crippen LogP) is -1.98. The molecule has 4 rings (SSSR count). The van der Waals surface area contributed by atoms with Gasteiger partial charge in [-0.2, -0.15) is 0 Å². The van der Waals surface area contributed by atoms with Crippen LogP contribution in [0.4, 0.5) is 0 Å². The minimum atomic E-state index is -0.722. The van der Waals surface area contributed by atoms with Gasteiger partial charge in [-0.25, -0.2) is 0 Å². The molecule has 0 aliphatic carbocycles. The SMILES string of the molecule is CC1(C)O[C@@H]2[C@H](O1)[C@H]([NH2+][C@H]1O[C@H](CO)[C@@H]3OC(C)(C)O[C@@H]31)O[C@H]2CO. The summed E-state index contributed by atoms with van der Waals surface area (Å²) in [5, 5.41) is 21.0. The zero-order valence-electron chi connectivity index (χ0n) is 15.0. The molecule has 4 saturated heterocycles. The molecule has 25 heavy (non-hydrogen) atoms. The highest BCUT2D eigenvalue weighted by molar-refractivity contribution is 4.96. The van der Waals surface area contributed by atoms with Crippen LogP contribution >= 0.6 is 0 Å². The maximum Gasteiger partial charge on any atom is 0.222 e. The molecule has 0 spiro atoms. The van der Waals surface area contributed by atoms with Crippen molar-refractivity contribution in [1.29, 1.82) is 0 Å². The molecule has 0 unspecified atom stereocenters. The summed E-state index contributed by atoms with van der Waals surface area (Å²) >= 11 is 0. The van der Waals surface area contributed by atoms with E-state index in [9.17, 15) is 10.2 Å². The van der Waals surface area contributed by atoms with Crippen LogP contribution in [-0.2, 0) is 28.4 Å². The predicted molar refractivity (Wildman–Crippen MR) is 81.1 cm³/mol. The molecule has 8 atom stereocenters. The van der Waals surface area contributed by atoms with Crippen molar-refractivity contribution in [3.05, 3.63) is 0 Å². The lowest BCUT2D eigenvalue weighted by Crippen LogP contribution is -2.99. The summed E-state index contributed by atoms with van der Waals surface area (Å²) in [6, 6.07) is 0. The summed E-state index contributed by atoms with van der Waals surface area (Å²) < 4.78 is 35.5. The fraction of sp³-hybridized carbons (Fsp3) is 1.00. The first kappa shape index (κ1) is 18.0. The van der Waals surface area contributed by atoms with E-state index < -0.39 is 36.2 Å². The van der Waals surface area contributed by atoms with Crippen LogP contribution < -0.4 is 5.32 Å². The number of quaternary nitrogens is 1. The molecule has 9 nitrogen and oxygen atoms in total. The number of rotatable bonds is 4. The van der Waals surface area contributed by atoms with Crippen molar-refractivity contribution >= 4 is 0 Å². The second kappa shape index (κ2) is 6.08. The van der Waals surface area contributed by atoms with Gasteiger partial charge in [0.1, 0.15) is 24.4 Å². The lowest BCUT2D eigenvalue weighted by molar-refractivity contribution is -0.791. The number of aliphatic hydroxyl groups is 2. The molecule has 0 amide bonds. The van der Waals surface area contributed by atoms with Crippen LogP contribution in [0, 0.1) is 0 Å². The fourth-order valence-electron chi connectivity index (χ4n) is 4.22. The van der Waals surface area contributed by atoms with Crippen molar-refractivity contribution in [2.24, 2.45) is 0 Å². The summed E-state index contributed by atoms with van der Waals surface area (Å²) in [7, 11) is 0. The average Bonchev–Trinajstić information content (AvgIpc) is 3.18. The van der Waals surface area contributed by atoms with Crippen LogP contribution in [0.2, 0.25) is 0 Å². The lowest BCUT2D eigenvalue weighted by Gasteiger charge is -2.26. The summed E-state index contributed by atoms with van der Waals surface area (Å²) in [6.45, 7) is 7.09. The van der Waals surface area contributed by atoms with E-state index in [0.29, 0.717) is 0 Å². The molecule has 0 bridgehead atoms. The second-order valence-corrected chi connectivity index (χ2v) is 7.97. The second-order valence-electron chi connectivity index (χ2n) is 7.97. The van der Waals surface area contributed by atoms with Crippen molar-refractivity contribution in [3.63, 3.8) is 0 Å². The van der Waals surface area contributed by atoms with Gasteiger partial charge in [-0.1, -0.05) is 0 Å². The molecule has 0 radical (unpaired) electrons. The van der Waals surface area contributed by atoms with E-state index in [0.717, 1.165) is 0 Å². The highest BCUT2D eigenvalue weighted by atomic mass is 16.8. The molecule has 4 heterocycles. The van der Waals surface area contributed by atoms with Gasteiger partial charge in [0.05, 0.1) is 13.2 Å². The van der Waals surface area contributed by atoms with Gasteiger partial charge in [-0.15, -0.1) is 0 Å². The number of fused-ring (bicyclic) bond motifs is 2. The lowest BCUT2D eigenvalue weighted by atomic mass is 10.1. The summed E-state index contributed by atoms with van der Waals surface area (Å²) in [6.07, 6.45) is -3.00.